The maximum atomic E-state index is 14.1. The van der Waals surface area contributed by atoms with Crippen LogP contribution in [0.5, 0.6) is 0 Å². The van der Waals surface area contributed by atoms with Gasteiger partial charge in [0, 0.05) is 64.7 Å². The minimum Gasteiger partial charge on any atom is -0.478 e. The van der Waals surface area contributed by atoms with Gasteiger partial charge in [-0.3, -0.25) is 0 Å². The topological polar surface area (TPSA) is 101 Å². The monoisotopic (exact) mass is 1010 g/mol. The number of ether oxygens (including phenoxy) is 1. The molecule has 0 radical (unpaired) electrons. The van der Waals surface area contributed by atoms with Crippen LogP contribution in [0.25, 0.3) is 0 Å². The Labute approximate surface area is 397 Å². The summed E-state index contributed by atoms with van der Waals surface area (Å²) in [7, 11) is 1.46. The number of benzene rings is 3. The number of carboxylic acid groups (broad SMARTS) is 2. The third-order valence-corrected chi connectivity index (χ3v) is 27.0. The largest absolute Gasteiger partial charge is 0.478 e. The molecular weight excluding hydrogens is 973 g/mol. The van der Waals surface area contributed by atoms with E-state index in [0.29, 0.717) is 16.7 Å². The van der Waals surface area contributed by atoms with E-state index in [1.807, 2.05) is 0 Å². The van der Waals surface area contributed by atoms with E-state index in [1.54, 1.807) is 141 Å². The minimum atomic E-state index is -0.918. The lowest BCUT2D eigenvalue weighted by Crippen LogP contribution is -2.17. The molecule has 6 aliphatic heterocycles. The maximum absolute atomic E-state index is 14.1. The zero-order chi connectivity index (χ0) is 42.9. The lowest BCUT2D eigenvalue weighted by molar-refractivity contribution is 0.0589. The molecule has 18 heteroatoms. The Bertz CT molecular complexity index is 2260. The van der Waals surface area contributed by atoms with Crippen LogP contribution in [-0.4, -0.2) is 59.7 Å². The van der Waals surface area contributed by atoms with Crippen molar-refractivity contribution in [3.63, 3.8) is 0 Å². The fourth-order valence-corrected chi connectivity index (χ4v) is 26.1. The lowest BCUT2D eigenvalue weighted by atomic mass is 9.83. The molecule has 9 rings (SSSR count). The SMILES string of the molecule is COC(=O)c1c2c(c(C(c3c4c(c(C(=O)O)c5c3SC(C)(C)S5)SC(C)(C)S4)c3c4c(c(C(=O)O)c5c3SC(C)(C)S5)SC(C)(C)S4)c3c1SC(C)(C)S3)SC(C)(C)S2. The maximum Gasteiger partial charge on any atom is 0.340 e. The molecule has 0 aromatic heterocycles. The number of esters is 1. The molecule has 6 aliphatic rings. The van der Waals surface area contributed by atoms with Crippen LogP contribution in [0.15, 0.2) is 58.7 Å². The summed E-state index contributed by atoms with van der Waals surface area (Å²) in [6.45, 7) is 26.2. The van der Waals surface area contributed by atoms with Crippen LogP contribution in [0.1, 0.15) is 137 Å². The second-order valence-corrected chi connectivity index (χ2v) is 38.6. The third kappa shape index (κ3) is 7.37. The Balaban J connectivity index is 1.53. The molecule has 2 N–H and O–H groups in total. The van der Waals surface area contributed by atoms with Crippen molar-refractivity contribution in [2.75, 3.05) is 7.11 Å². The van der Waals surface area contributed by atoms with Gasteiger partial charge in [-0.1, -0.05) is 0 Å². The highest BCUT2D eigenvalue weighted by Gasteiger charge is 2.53. The van der Waals surface area contributed by atoms with Gasteiger partial charge in [-0.15, -0.1) is 141 Å². The van der Waals surface area contributed by atoms with Crippen molar-refractivity contribution in [3.8, 4) is 0 Å². The molecule has 0 unspecified atom stereocenters. The number of methoxy groups -OCH3 is 1. The van der Waals surface area contributed by atoms with E-state index >= 15 is 0 Å². The van der Waals surface area contributed by atoms with Crippen molar-refractivity contribution in [2.45, 2.75) is 172 Å². The van der Waals surface area contributed by atoms with Crippen LogP contribution in [0.2, 0.25) is 0 Å². The van der Waals surface area contributed by atoms with E-state index in [0.717, 1.165) is 75.4 Å². The second kappa shape index (κ2) is 14.4. The number of hydrogen-bond donors (Lipinski definition) is 2. The predicted molar refractivity (Wildman–Crippen MR) is 260 cm³/mol. The highest BCUT2D eigenvalue weighted by atomic mass is 32.2. The number of carbonyl (C=O) groups excluding carboxylic acids is 1. The van der Waals surface area contributed by atoms with E-state index in [2.05, 4.69) is 83.1 Å². The number of hydrogen-bond acceptors (Lipinski definition) is 16. The summed E-state index contributed by atoms with van der Waals surface area (Å²) >= 11 is 20.5. The summed E-state index contributed by atoms with van der Waals surface area (Å²) in [6, 6.07) is 0. The molecule has 0 saturated heterocycles. The summed E-state index contributed by atoms with van der Waals surface area (Å²) < 4.78 is 3.57. The van der Waals surface area contributed by atoms with Crippen LogP contribution in [0, 0.1) is 0 Å². The lowest BCUT2D eigenvalue weighted by Gasteiger charge is -2.32. The van der Waals surface area contributed by atoms with Crippen LogP contribution in [-0.2, 0) is 4.74 Å². The van der Waals surface area contributed by atoms with Gasteiger partial charge >= 0.3 is 17.9 Å². The molecular formula is C41H42O6S12. The number of aromatic carboxylic acids is 2. The molecule has 3 aromatic carbocycles. The van der Waals surface area contributed by atoms with Crippen LogP contribution < -0.4 is 0 Å². The van der Waals surface area contributed by atoms with Gasteiger partial charge in [-0.25, -0.2) is 14.4 Å². The van der Waals surface area contributed by atoms with Gasteiger partial charge in [-0.05, 0) is 99.8 Å². The second-order valence-electron chi connectivity index (χ2n) is 17.5. The number of fused-ring (bicyclic) bond motifs is 6. The van der Waals surface area contributed by atoms with Crippen molar-refractivity contribution in [3.05, 3.63) is 33.4 Å². The fraction of sp³-hybridized carbons (Fsp3) is 0.488. The zero-order valence-corrected chi connectivity index (χ0v) is 44.3. The van der Waals surface area contributed by atoms with E-state index in [9.17, 15) is 24.6 Å². The van der Waals surface area contributed by atoms with Crippen molar-refractivity contribution in [1.29, 1.82) is 0 Å². The number of carboxylic acids is 2. The van der Waals surface area contributed by atoms with E-state index in [4.69, 9.17) is 4.74 Å². The molecule has 59 heavy (non-hydrogen) atoms. The highest BCUT2D eigenvalue weighted by Crippen LogP contribution is 2.74. The van der Waals surface area contributed by atoms with Gasteiger partial charge in [0.1, 0.15) is 0 Å². The van der Waals surface area contributed by atoms with Gasteiger partial charge in [0.2, 0.25) is 0 Å². The van der Waals surface area contributed by atoms with E-state index < -0.39 is 17.9 Å². The Morgan fingerprint density at radius 1 is 0.373 bits per heavy atom. The Hall–Kier alpha value is 0.270. The predicted octanol–water partition coefficient (Wildman–Crippen LogP) is 15.7. The molecule has 0 amide bonds. The van der Waals surface area contributed by atoms with Gasteiger partial charge in [-0.2, -0.15) is 0 Å². The molecule has 0 atom stereocenters. The normalized spacial score (nSPS) is 22.5. The van der Waals surface area contributed by atoms with E-state index in [1.165, 1.54) is 7.11 Å². The number of rotatable bonds is 6. The van der Waals surface area contributed by atoms with E-state index in [-0.39, 0.29) is 30.4 Å². The molecule has 0 saturated carbocycles. The van der Waals surface area contributed by atoms with Crippen LogP contribution >= 0.6 is 141 Å². The van der Waals surface area contributed by atoms with Gasteiger partial charge < -0.3 is 14.9 Å². The minimum absolute atomic E-state index is 0.309. The first kappa shape index (κ1) is 44.5. The summed E-state index contributed by atoms with van der Waals surface area (Å²) in [5, 5.41) is 22.1. The molecule has 0 aliphatic carbocycles. The van der Waals surface area contributed by atoms with Gasteiger partial charge in [0.15, 0.2) is 0 Å². The molecule has 0 bridgehead atoms. The van der Waals surface area contributed by atoms with Gasteiger partial charge in [0.05, 0.1) is 48.3 Å². The first-order valence-electron chi connectivity index (χ1n) is 18.7. The molecule has 6 heterocycles. The molecule has 6 nitrogen and oxygen atoms in total. The summed E-state index contributed by atoms with van der Waals surface area (Å²) in [6.07, 6.45) is 0. The number of thioether (sulfide) groups is 12. The van der Waals surface area contributed by atoms with Crippen LogP contribution in [0.3, 0.4) is 0 Å². The molecule has 3 aromatic rings. The summed E-state index contributed by atoms with van der Waals surface area (Å²) in [5.41, 5.74) is 4.71. The first-order chi connectivity index (χ1) is 27.1. The number of carbonyl (C=O) groups is 3. The Morgan fingerprint density at radius 2 is 0.559 bits per heavy atom. The third-order valence-electron chi connectivity index (χ3n) is 9.93. The Morgan fingerprint density at radius 3 is 0.746 bits per heavy atom. The quantitative estimate of drug-likeness (QED) is 0.181. The van der Waals surface area contributed by atoms with Gasteiger partial charge in [0.25, 0.3) is 0 Å². The van der Waals surface area contributed by atoms with Crippen molar-refractivity contribution < 1.29 is 29.3 Å². The summed E-state index contributed by atoms with van der Waals surface area (Å²) in [5.74, 6) is -2.61. The summed E-state index contributed by atoms with van der Waals surface area (Å²) in [4.78, 5) is 52.3. The van der Waals surface area contributed by atoms with Crippen molar-refractivity contribution >= 4 is 159 Å². The fourth-order valence-electron chi connectivity index (χ4n) is 8.20. The average Bonchev–Trinajstić information content (AvgIpc) is 3.88. The standard InChI is InChI=1S/C41H42O6S12/c1-36(2)48-21-15(22-28(55-37(3,4)49-22)18(33(42)43)27(21)54-36)14(16-23-29(56-38(5,6)50-23)19(34(44)45)30-24(16)51-39(7,8)57-30)17-25-31(58-40(9,10)52-25)20(35(46)47-13)32-26(17)53-41(11,12)59-32/h14H,1-13H3,(H,42,43)(H,44,45). The highest BCUT2D eigenvalue weighted by molar-refractivity contribution is 8.23. The van der Waals surface area contributed by atoms with Crippen molar-refractivity contribution in [2.24, 2.45) is 0 Å². The van der Waals surface area contributed by atoms with Crippen molar-refractivity contribution in [1.82, 2.24) is 0 Å². The average molecular weight is 1020 g/mol. The Kier molecular flexibility index (Phi) is 10.8. The molecule has 0 fully saturated rings. The molecule has 314 valence electrons. The van der Waals surface area contributed by atoms with Crippen LogP contribution in [0.4, 0.5) is 0 Å². The zero-order valence-electron chi connectivity index (χ0n) is 34.5. The first-order valence-corrected chi connectivity index (χ1v) is 28.5. The smallest absolute Gasteiger partial charge is 0.340 e. The molecule has 0 spiro atoms.